The van der Waals surface area contributed by atoms with Gasteiger partial charge in [0.05, 0.1) is 10.6 Å². The molecule has 0 saturated carbocycles. The zero-order chi connectivity index (χ0) is 22.2. The van der Waals surface area contributed by atoms with Crippen molar-refractivity contribution in [2.45, 2.75) is 13.8 Å². The molecular formula is C21H20N4O4S. The highest BCUT2D eigenvalue weighted by Gasteiger charge is 2.35. The number of hydrogen-bond acceptors (Lipinski definition) is 6. The standard InChI is InChI=1S/C21H20N4O4S/c1-12-5-7-17(13(2)9-12)24-20(27)16(19(26)22-21(24)30)11-14-10-15(25(28)29)6-8-18(14)23(3)4/h5-11H,1-4H3,(H,22,26,30)/b16-11-. The van der Waals surface area contributed by atoms with E-state index in [4.69, 9.17) is 12.2 Å². The largest absolute Gasteiger partial charge is 0.377 e. The van der Waals surface area contributed by atoms with E-state index in [1.165, 1.54) is 23.1 Å². The van der Waals surface area contributed by atoms with E-state index in [1.807, 2.05) is 26.0 Å². The van der Waals surface area contributed by atoms with Crippen molar-refractivity contribution in [1.29, 1.82) is 0 Å². The number of carbonyl (C=O) groups excluding carboxylic acids is 2. The lowest BCUT2D eigenvalue weighted by Gasteiger charge is -2.30. The first-order valence-electron chi connectivity index (χ1n) is 9.04. The van der Waals surface area contributed by atoms with Crippen molar-refractivity contribution in [3.63, 3.8) is 0 Å². The Kier molecular flexibility index (Phi) is 5.66. The minimum Gasteiger partial charge on any atom is -0.377 e. The second-order valence-electron chi connectivity index (χ2n) is 7.14. The Hall–Kier alpha value is -3.59. The minimum atomic E-state index is -0.651. The van der Waals surface area contributed by atoms with Gasteiger partial charge in [0.25, 0.3) is 17.5 Å². The monoisotopic (exact) mass is 424 g/mol. The molecule has 1 aliphatic heterocycles. The Labute approximate surface area is 178 Å². The summed E-state index contributed by atoms with van der Waals surface area (Å²) in [6.45, 7) is 3.79. The van der Waals surface area contributed by atoms with E-state index < -0.39 is 16.7 Å². The molecule has 1 saturated heterocycles. The van der Waals surface area contributed by atoms with E-state index in [0.717, 1.165) is 11.1 Å². The number of aryl methyl sites for hydroxylation is 2. The summed E-state index contributed by atoms with van der Waals surface area (Å²) < 4.78 is 0. The van der Waals surface area contributed by atoms with Gasteiger partial charge >= 0.3 is 0 Å². The summed E-state index contributed by atoms with van der Waals surface area (Å²) in [5.41, 5.74) is 3.11. The second-order valence-corrected chi connectivity index (χ2v) is 7.53. The quantitative estimate of drug-likeness (QED) is 0.266. The Morgan fingerprint density at radius 2 is 1.83 bits per heavy atom. The molecule has 0 bridgehead atoms. The Balaban J connectivity index is 2.13. The van der Waals surface area contributed by atoms with Crippen LogP contribution < -0.4 is 15.1 Å². The summed E-state index contributed by atoms with van der Waals surface area (Å²) in [5.74, 6) is -1.24. The molecule has 1 N–H and O–H groups in total. The lowest BCUT2D eigenvalue weighted by molar-refractivity contribution is -0.384. The highest BCUT2D eigenvalue weighted by molar-refractivity contribution is 7.80. The first-order valence-corrected chi connectivity index (χ1v) is 9.45. The van der Waals surface area contributed by atoms with E-state index in [1.54, 1.807) is 31.1 Å². The van der Waals surface area contributed by atoms with Gasteiger partial charge in [-0.05, 0) is 49.8 Å². The van der Waals surface area contributed by atoms with Gasteiger partial charge in [-0.2, -0.15) is 0 Å². The lowest BCUT2D eigenvalue weighted by Crippen LogP contribution is -2.54. The normalized spacial score (nSPS) is 15.4. The summed E-state index contributed by atoms with van der Waals surface area (Å²) >= 11 is 5.24. The second kappa shape index (κ2) is 8.03. The lowest BCUT2D eigenvalue weighted by atomic mass is 10.0. The van der Waals surface area contributed by atoms with Crippen LogP contribution in [0.2, 0.25) is 0 Å². The van der Waals surface area contributed by atoms with Gasteiger partial charge < -0.3 is 4.90 Å². The highest BCUT2D eigenvalue weighted by Crippen LogP contribution is 2.29. The number of benzene rings is 2. The third-order valence-corrected chi connectivity index (χ3v) is 4.98. The molecular weight excluding hydrogens is 404 g/mol. The van der Waals surface area contributed by atoms with Crippen molar-refractivity contribution >= 4 is 52.3 Å². The van der Waals surface area contributed by atoms with E-state index in [9.17, 15) is 19.7 Å². The van der Waals surface area contributed by atoms with Crippen LogP contribution in [0.3, 0.4) is 0 Å². The fourth-order valence-electron chi connectivity index (χ4n) is 3.27. The molecule has 0 radical (unpaired) electrons. The zero-order valence-electron chi connectivity index (χ0n) is 16.9. The fourth-order valence-corrected chi connectivity index (χ4v) is 3.54. The number of anilines is 2. The third kappa shape index (κ3) is 3.92. The molecule has 1 heterocycles. The molecule has 2 aromatic carbocycles. The first-order chi connectivity index (χ1) is 14.1. The average Bonchev–Trinajstić information content (AvgIpc) is 2.66. The van der Waals surface area contributed by atoms with Gasteiger partial charge in [-0.1, -0.05) is 17.7 Å². The van der Waals surface area contributed by atoms with Gasteiger partial charge in [-0.25, -0.2) is 0 Å². The third-order valence-electron chi connectivity index (χ3n) is 4.70. The van der Waals surface area contributed by atoms with Crippen molar-refractivity contribution < 1.29 is 14.5 Å². The number of carbonyl (C=O) groups is 2. The van der Waals surface area contributed by atoms with Crippen LogP contribution in [0.1, 0.15) is 16.7 Å². The van der Waals surface area contributed by atoms with Gasteiger partial charge in [0.1, 0.15) is 5.57 Å². The SMILES string of the molecule is Cc1ccc(N2C(=O)/C(=C\c3cc([N+](=O)[O-])ccc3N(C)C)C(=O)NC2=S)c(C)c1. The van der Waals surface area contributed by atoms with Crippen molar-refractivity contribution in [3.8, 4) is 0 Å². The van der Waals surface area contributed by atoms with Gasteiger partial charge in [-0.15, -0.1) is 0 Å². The van der Waals surface area contributed by atoms with Crippen LogP contribution in [0.25, 0.3) is 6.08 Å². The number of non-ortho nitro benzene ring substituents is 1. The first kappa shape index (κ1) is 21.1. The summed E-state index contributed by atoms with van der Waals surface area (Å²) in [7, 11) is 3.53. The molecule has 0 spiro atoms. The van der Waals surface area contributed by atoms with E-state index in [0.29, 0.717) is 16.9 Å². The molecule has 9 heteroatoms. The molecule has 2 aromatic rings. The van der Waals surface area contributed by atoms with Gasteiger partial charge in [0.15, 0.2) is 5.11 Å². The summed E-state index contributed by atoms with van der Waals surface area (Å²) in [5, 5.41) is 13.7. The predicted molar refractivity (Wildman–Crippen MR) is 120 cm³/mol. The Morgan fingerprint density at radius 3 is 2.43 bits per heavy atom. The van der Waals surface area contributed by atoms with Crippen LogP contribution in [-0.2, 0) is 9.59 Å². The predicted octanol–water partition coefficient (Wildman–Crippen LogP) is 3.11. The summed E-state index contributed by atoms with van der Waals surface area (Å²) in [6.07, 6.45) is 1.36. The Bertz CT molecular complexity index is 1120. The number of nitro groups is 1. The zero-order valence-corrected chi connectivity index (χ0v) is 17.7. The molecule has 30 heavy (non-hydrogen) atoms. The molecule has 3 rings (SSSR count). The molecule has 0 atom stereocenters. The number of amides is 2. The Morgan fingerprint density at radius 1 is 1.13 bits per heavy atom. The maximum Gasteiger partial charge on any atom is 0.270 e. The number of nitrogens with one attached hydrogen (secondary N) is 1. The number of nitro benzene ring substituents is 1. The number of thiocarbonyl (C=S) groups is 1. The van der Waals surface area contributed by atoms with Gasteiger partial charge in [0.2, 0.25) is 0 Å². The van der Waals surface area contributed by atoms with E-state index in [2.05, 4.69) is 5.32 Å². The topological polar surface area (TPSA) is 95.8 Å². The number of hydrogen-bond donors (Lipinski definition) is 1. The average molecular weight is 424 g/mol. The maximum atomic E-state index is 13.3. The van der Waals surface area contributed by atoms with E-state index in [-0.39, 0.29) is 16.4 Å². The van der Waals surface area contributed by atoms with Crippen molar-refractivity contribution in [1.82, 2.24) is 5.32 Å². The number of rotatable bonds is 4. The summed E-state index contributed by atoms with van der Waals surface area (Å²) in [4.78, 5) is 39.5. The van der Waals surface area contributed by atoms with Crippen molar-refractivity contribution in [3.05, 3.63) is 68.8 Å². The number of nitrogens with zero attached hydrogens (tertiary/aromatic N) is 3. The van der Waals surface area contributed by atoms with Crippen LogP contribution in [-0.4, -0.2) is 35.9 Å². The minimum absolute atomic E-state index is 0.0130. The van der Waals surface area contributed by atoms with Crippen molar-refractivity contribution in [2.75, 3.05) is 23.9 Å². The molecule has 1 aliphatic rings. The van der Waals surface area contributed by atoms with Gasteiger partial charge in [0, 0.05) is 37.5 Å². The molecule has 8 nitrogen and oxygen atoms in total. The molecule has 0 aromatic heterocycles. The van der Waals surface area contributed by atoms with Crippen LogP contribution in [0, 0.1) is 24.0 Å². The van der Waals surface area contributed by atoms with E-state index >= 15 is 0 Å². The molecule has 154 valence electrons. The van der Waals surface area contributed by atoms with Crippen LogP contribution >= 0.6 is 12.2 Å². The smallest absolute Gasteiger partial charge is 0.270 e. The van der Waals surface area contributed by atoms with Crippen LogP contribution in [0.4, 0.5) is 17.1 Å². The molecule has 0 unspecified atom stereocenters. The van der Waals surface area contributed by atoms with Gasteiger partial charge in [-0.3, -0.25) is 29.9 Å². The highest BCUT2D eigenvalue weighted by atomic mass is 32.1. The maximum absolute atomic E-state index is 13.3. The summed E-state index contributed by atoms with van der Waals surface area (Å²) in [6, 6.07) is 9.80. The molecule has 2 amide bonds. The molecule has 1 fully saturated rings. The fraction of sp³-hybridized carbons (Fsp3) is 0.190. The molecule has 0 aliphatic carbocycles. The van der Waals surface area contributed by atoms with Crippen LogP contribution in [0.15, 0.2) is 42.0 Å². The van der Waals surface area contributed by atoms with Crippen LogP contribution in [0.5, 0.6) is 0 Å². The van der Waals surface area contributed by atoms with Crippen molar-refractivity contribution in [2.24, 2.45) is 0 Å².